The molecule has 1 aromatic carbocycles. The minimum absolute atomic E-state index is 0.0944. The van der Waals surface area contributed by atoms with Crippen LogP contribution in [0.15, 0.2) is 36.7 Å². The fraction of sp³-hybridized carbons (Fsp3) is 0.348. The van der Waals surface area contributed by atoms with E-state index in [-0.39, 0.29) is 5.91 Å². The van der Waals surface area contributed by atoms with Crippen LogP contribution in [0.2, 0.25) is 0 Å². The van der Waals surface area contributed by atoms with Crippen molar-refractivity contribution >= 4 is 22.4 Å². The molecule has 0 fully saturated rings. The number of amides is 1. The highest BCUT2D eigenvalue weighted by Crippen LogP contribution is 2.31. The van der Waals surface area contributed by atoms with Crippen molar-refractivity contribution in [3.8, 4) is 16.2 Å². The molecule has 2 aromatic heterocycles. The lowest BCUT2D eigenvalue weighted by Crippen LogP contribution is -2.26. The Kier molecular flexibility index (Phi) is 5.23. The molecule has 30 heavy (non-hydrogen) atoms. The van der Waals surface area contributed by atoms with Gasteiger partial charge in [-0.05, 0) is 47.2 Å². The van der Waals surface area contributed by atoms with Gasteiger partial charge in [0.1, 0.15) is 5.75 Å². The Morgan fingerprint density at radius 1 is 1.13 bits per heavy atom. The predicted molar refractivity (Wildman–Crippen MR) is 118 cm³/mol. The molecule has 5 rings (SSSR count). The van der Waals surface area contributed by atoms with Crippen molar-refractivity contribution in [1.29, 1.82) is 0 Å². The zero-order chi connectivity index (χ0) is 20.5. The van der Waals surface area contributed by atoms with Crippen LogP contribution in [0.25, 0.3) is 10.4 Å². The van der Waals surface area contributed by atoms with E-state index in [1.165, 1.54) is 35.0 Å². The highest BCUT2D eigenvalue weighted by molar-refractivity contribution is 7.19. The Morgan fingerprint density at radius 3 is 2.87 bits per heavy atom. The molecule has 7 heteroatoms. The van der Waals surface area contributed by atoms with Gasteiger partial charge in [0.25, 0.3) is 0 Å². The van der Waals surface area contributed by atoms with Gasteiger partial charge in [-0.3, -0.25) is 14.7 Å². The number of nitrogens with one attached hydrogen (secondary N) is 1. The summed E-state index contributed by atoms with van der Waals surface area (Å²) in [6.07, 6.45) is 6.83. The molecule has 3 aromatic rings. The Morgan fingerprint density at radius 2 is 2.00 bits per heavy atom. The quantitative estimate of drug-likeness (QED) is 0.697. The molecule has 0 unspecified atom stereocenters. The van der Waals surface area contributed by atoms with Gasteiger partial charge in [-0.25, -0.2) is 4.98 Å². The molecule has 0 aliphatic carbocycles. The fourth-order valence-corrected chi connectivity index (χ4v) is 4.99. The van der Waals surface area contributed by atoms with Gasteiger partial charge in [0, 0.05) is 45.4 Å². The molecule has 0 atom stereocenters. The van der Waals surface area contributed by atoms with Crippen molar-refractivity contribution in [2.75, 3.05) is 25.0 Å². The minimum Gasteiger partial charge on any atom is -0.491 e. The maximum atomic E-state index is 11.2. The molecule has 4 heterocycles. The number of carbonyl (C=O) groups is 1. The summed E-state index contributed by atoms with van der Waals surface area (Å²) < 4.78 is 5.67. The first-order valence-corrected chi connectivity index (χ1v) is 11.1. The third-order valence-electron chi connectivity index (χ3n) is 5.66. The lowest BCUT2D eigenvalue weighted by Gasteiger charge is -2.19. The van der Waals surface area contributed by atoms with Gasteiger partial charge in [-0.2, -0.15) is 0 Å². The van der Waals surface area contributed by atoms with Crippen molar-refractivity contribution in [2.24, 2.45) is 0 Å². The van der Waals surface area contributed by atoms with E-state index in [9.17, 15) is 4.79 Å². The summed E-state index contributed by atoms with van der Waals surface area (Å²) in [6, 6.07) is 8.86. The third kappa shape index (κ3) is 4.08. The number of thiazole rings is 1. The van der Waals surface area contributed by atoms with E-state index >= 15 is 0 Å². The smallest absolute Gasteiger partial charge is 0.223 e. The van der Waals surface area contributed by atoms with Crippen LogP contribution in [0.5, 0.6) is 5.75 Å². The molecule has 0 spiro atoms. The molecule has 0 saturated carbocycles. The molecule has 6 nitrogen and oxygen atoms in total. The van der Waals surface area contributed by atoms with Crippen molar-refractivity contribution in [2.45, 2.75) is 32.7 Å². The molecule has 0 saturated heterocycles. The second kappa shape index (κ2) is 8.16. The molecular formula is C23H24N4O2S. The van der Waals surface area contributed by atoms with Crippen LogP contribution in [-0.2, 0) is 30.6 Å². The normalized spacial score (nSPS) is 15.8. The molecular weight excluding hydrogens is 396 g/mol. The van der Waals surface area contributed by atoms with E-state index in [1.54, 1.807) is 0 Å². The van der Waals surface area contributed by atoms with Crippen molar-refractivity contribution < 1.29 is 9.53 Å². The third-order valence-corrected chi connectivity index (χ3v) is 6.63. The Bertz CT molecular complexity index is 1090. The summed E-state index contributed by atoms with van der Waals surface area (Å²) in [6.45, 7) is 5.21. The first kappa shape index (κ1) is 19.2. The molecule has 0 radical (unpaired) electrons. The first-order chi connectivity index (χ1) is 14.6. The molecule has 154 valence electrons. The van der Waals surface area contributed by atoms with Gasteiger partial charge in [-0.15, -0.1) is 0 Å². The van der Waals surface area contributed by atoms with E-state index < -0.39 is 0 Å². The number of benzene rings is 1. The van der Waals surface area contributed by atoms with Gasteiger partial charge in [0.15, 0.2) is 5.13 Å². The van der Waals surface area contributed by atoms with Crippen LogP contribution < -0.4 is 10.1 Å². The van der Waals surface area contributed by atoms with Crippen molar-refractivity contribution in [1.82, 2.24) is 14.9 Å². The van der Waals surface area contributed by atoms with Gasteiger partial charge in [0.2, 0.25) is 5.91 Å². The number of ether oxygens (including phenoxy) is 1. The number of nitrogens with zero attached hydrogens (tertiary/aromatic N) is 3. The Balaban J connectivity index is 1.28. The van der Waals surface area contributed by atoms with E-state index in [4.69, 9.17) is 4.74 Å². The maximum absolute atomic E-state index is 11.2. The molecule has 2 aliphatic rings. The van der Waals surface area contributed by atoms with E-state index in [0.29, 0.717) is 5.13 Å². The maximum Gasteiger partial charge on any atom is 0.223 e. The van der Waals surface area contributed by atoms with Gasteiger partial charge >= 0.3 is 0 Å². The number of hydrogen-bond acceptors (Lipinski definition) is 6. The van der Waals surface area contributed by atoms with Crippen LogP contribution in [-0.4, -0.2) is 40.5 Å². The SMILES string of the molecule is CC(=O)Nc1ncc(-c2ccc3c(c2)CCN(Cc2cnc4c(c2)OCC4)CC3)s1. The minimum atomic E-state index is -0.0944. The molecule has 1 amide bonds. The monoisotopic (exact) mass is 420 g/mol. The van der Waals surface area contributed by atoms with E-state index in [0.717, 1.165) is 67.4 Å². The van der Waals surface area contributed by atoms with E-state index in [2.05, 4.69) is 44.5 Å². The second-order valence-corrected chi connectivity index (χ2v) is 8.89. The Labute approximate surface area is 179 Å². The highest BCUT2D eigenvalue weighted by Gasteiger charge is 2.18. The number of pyridine rings is 1. The van der Waals surface area contributed by atoms with Crippen LogP contribution in [0.1, 0.15) is 29.3 Å². The molecule has 2 aliphatic heterocycles. The average molecular weight is 421 g/mol. The largest absolute Gasteiger partial charge is 0.491 e. The average Bonchev–Trinajstić information content (AvgIpc) is 3.34. The number of anilines is 1. The summed E-state index contributed by atoms with van der Waals surface area (Å²) in [5, 5.41) is 3.40. The number of carbonyl (C=O) groups excluding carboxylic acids is 1. The van der Waals surface area contributed by atoms with Gasteiger partial charge in [0.05, 0.1) is 17.2 Å². The first-order valence-electron chi connectivity index (χ1n) is 10.3. The fourth-order valence-electron chi connectivity index (χ4n) is 4.13. The number of rotatable bonds is 4. The van der Waals surface area contributed by atoms with Crippen molar-refractivity contribution in [3.05, 3.63) is 59.0 Å². The zero-order valence-corrected chi connectivity index (χ0v) is 17.8. The summed E-state index contributed by atoms with van der Waals surface area (Å²) in [4.78, 5) is 23.7. The van der Waals surface area contributed by atoms with Crippen LogP contribution in [0, 0.1) is 0 Å². The predicted octanol–water partition coefficient (Wildman–Crippen LogP) is 3.70. The summed E-state index contributed by atoms with van der Waals surface area (Å²) in [5.74, 6) is 0.862. The number of aromatic nitrogens is 2. The second-order valence-electron chi connectivity index (χ2n) is 7.86. The summed E-state index contributed by atoms with van der Waals surface area (Å²) in [5.41, 5.74) is 6.29. The highest BCUT2D eigenvalue weighted by atomic mass is 32.1. The molecule has 1 N–H and O–H groups in total. The van der Waals surface area contributed by atoms with Gasteiger partial charge < -0.3 is 10.1 Å². The topological polar surface area (TPSA) is 67.4 Å². The van der Waals surface area contributed by atoms with Crippen molar-refractivity contribution in [3.63, 3.8) is 0 Å². The summed E-state index contributed by atoms with van der Waals surface area (Å²) in [7, 11) is 0. The van der Waals surface area contributed by atoms with Crippen LogP contribution >= 0.6 is 11.3 Å². The van der Waals surface area contributed by atoms with E-state index in [1.807, 2.05) is 12.4 Å². The lowest BCUT2D eigenvalue weighted by molar-refractivity contribution is -0.114. The standard InChI is InChI=1S/C23H24N4O2S/c1-15(28)26-23-25-13-22(30-23)19-3-2-17-4-7-27(8-5-18(17)11-19)14-16-10-21-20(24-12-16)6-9-29-21/h2-3,10-13H,4-9,14H2,1H3,(H,25,26,28). The number of hydrogen-bond donors (Lipinski definition) is 1. The Hall–Kier alpha value is -2.77. The van der Waals surface area contributed by atoms with Crippen LogP contribution in [0.4, 0.5) is 5.13 Å². The number of fused-ring (bicyclic) bond motifs is 2. The van der Waals surface area contributed by atoms with Gasteiger partial charge in [-0.1, -0.05) is 23.5 Å². The van der Waals surface area contributed by atoms with Crippen LogP contribution in [0.3, 0.4) is 0 Å². The molecule has 0 bridgehead atoms. The lowest BCUT2D eigenvalue weighted by atomic mass is 10.00. The summed E-state index contributed by atoms with van der Waals surface area (Å²) >= 11 is 1.51. The zero-order valence-electron chi connectivity index (χ0n) is 17.0.